The van der Waals surface area contributed by atoms with Crippen molar-refractivity contribution in [1.82, 2.24) is 10.6 Å². The third-order valence-electron chi connectivity index (χ3n) is 9.77. The molecule has 0 aliphatic carbocycles. The summed E-state index contributed by atoms with van der Waals surface area (Å²) in [5, 5.41) is 8.20. The first-order chi connectivity index (χ1) is 31.7. The molecule has 0 aliphatic rings. The Hall–Kier alpha value is -8.13. The fourth-order valence-corrected chi connectivity index (χ4v) is 6.34. The van der Waals surface area contributed by atoms with E-state index in [1.807, 2.05) is 78.9 Å². The molecular formula is C51H50N4O10. The summed E-state index contributed by atoms with van der Waals surface area (Å²) in [6.45, 7) is -0.577. The molecule has 0 saturated carbocycles. The maximum atomic E-state index is 14.0. The molecule has 0 radical (unpaired) electrons. The van der Waals surface area contributed by atoms with Crippen molar-refractivity contribution in [1.29, 1.82) is 0 Å². The van der Waals surface area contributed by atoms with Crippen LogP contribution in [-0.4, -0.2) is 55.0 Å². The molecule has 0 bridgehead atoms. The molecular weight excluding hydrogens is 829 g/mol. The first-order valence-electron chi connectivity index (χ1n) is 20.9. The van der Waals surface area contributed by atoms with Gasteiger partial charge in [-0.2, -0.15) is 0 Å². The van der Waals surface area contributed by atoms with Crippen molar-refractivity contribution in [2.75, 3.05) is 24.3 Å². The molecule has 2 atom stereocenters. The highest BCUT2D eigenvalue weighted by Crippen LogP contribution is 2.25. The van der Waals surface area contributed by atoms with Gasteiger partial charge >= 0.3 is 11.9 Å². The molecule has 0 unspecified atom stereocenters. The van der Waals surface area contributed by atoms with Crippen molar-refractivity contribution in [3.63, 3.8) is 0 Å². The van der Waals surface area contributed by atoms with E-state index in [1.54, 1.807) is 84.9 Å². The van der Waals surface area contributed by atoms with E-state index in [9.17, 15) is 24.0 Å². The van der Waals surface area contributed by atoms with E-state index < -0.39 is 55.0 Å². The van der Waals surface area contributed by atoms with Gasteiger partial charge in [-0.15, -0.1) is 0 Å². The van der Waals surface area contributed by atoms with E-state index in [4.69, 9.17) is 29.4 Å². The summed E-state index contributed by atoms with van der Waals surface area (Å²) in [6, 6.07) is 46.0. The third-order valence-corrected chi connectivity index (χ3v) is 9.77. The highest BCUT2D eigenvalue weighted by atomic mass is 16.5. The Morgan fingerprint density at radius 2 is 1.00 bits per heavy atom. The van der Waals surface area contributed by atoms with Crippen molar-refractivity contribution in [3.8, 4) is 17.2 Å². The highest BCUT2D eigenvalue weighted by Gasteiger charge is 2.26. The van der Waals surface area contributed by atoms with Crippen molar-refractivity contribution >= 4 is 41.0 Å². The summed E-state index contributed by atoms with van der Waals surface area (Å²) in [5.41, 5.74) is 9.83. The Labute approximate surface area is 377 Å². The number of esters is 2. The zero-order chi connectivity index (χ0) is 45.6. The SMILES string of the molecule is Nc1ccccc1OCC(=O)N[C@@H](Cc1ccc(OCc2ccccc2)cc1)C(=O)Nc1ccccc1OCC(=O)N[C@@H](CCC(=O)OCc1ccccc1)C(=O)OCc1ccccc1. The second-order valence-electron chi connectivity index (χ2n) is 14.7. The molecule has 0 heterocycles. The van der Waals surface area contributed by atoms with Gasteiger partial charge in [-0.25, -0.2) is 4.79 Å². The van der Waals surface area contributed by atoms with Crippen LogP contribution in [0.15, 0.2) is 164 Å². The molecule has 0 aromatic heterocycles. The Kier molecular flexibility index (Phi) is 17.5. The monoisotopic (exact) mass is 878 g/mol. The summed E-state index contributed by atoms with van der Waals surface area (Å²) in [6.07, 6.45) is -0.179. The Morgan fingerprint density at radius 1 is 0.492 bits per heavy atom. The maximum Gasteiger partial charge on any atom is 0.328 e. The topological polar surface area (TPSA) is 194 Å². The number of carbonyl (C=O) groups excluding carboxylic acids is 5. The Balaban J connectivity index is 1.08. The van der Waals surface area contributed by atoms with Crippen LogP contribution in [0.2, 0.25) is 0 Å². The zero-order valence-corrected chi connectivity index (χ0v) is 35.6. The third kappa shape index (κ3) is 15.6. The van der Waals surface area contributed by atoms with Gasteiger partial charge in [0, 0.05) is 12.8 Å². The molecule has 14 nitrogen and oxygen atoms in total. The second-order valence-corrected chi connectivity index (χ2v) is 14.7. The minimum atomic E-state index is -1.20. The number of anilines is 2. The highest BCUT2D eigenvalue weighted by molar-refractivity contribution is 5.98. The van der Waals surface area contributed by atoms with Gasteiger partial charge in [0.2, 0.25) is 5.91 Å². The van der Waals surface area contributed by atoms with Crippen molar-refractivity contribution < 1.29 is 47.7 Å². The number of amides is 3. The Morgan fingerprint density at radius 3 is 1.62 bits per heavy atom. The first kappa shape index (κ1) is 46.4. The van der Waals surface area contributed by atoms with Gasteiger partial charge in [0.05, 0.1) is 11.4 Å². The van der Waals surface area contributed by atoms with E-state index in [0.29, 0.717) is 23.8 Å². The molecule has 5 N–H and O–H groups in total. The van der Waals surface area contributed by atoms with Crippen molar-refractivity contribution in [3.05, 3.63) is 186 Å². The molecule has 334 valence electrons. The molecule has 0 spiro atoms. The van der Waals surface area contributed by atoms with Crippen LogP contribution in [0.4, 0.5) is 11.4 Å². The van der Waals surface area contributed by atoms with Crippen LogP contribution in [0, 0.1) is 0 Å². The quantitative estimate of drug-likeness (QED) is 0.0394. The van der Waals surface area contributed by atoms with Gasteiger partial charge in [0.1, 0.15) is 49.2 Å². The molecule has 14 heteroatoms. The lowest BCUT2D eigenvalue weighted by atomic mass is 10.0. The average Bonchev–Trinajstić information content (AvgIpc) is 3.33. The predicted octanol–water partition coefficient (Wildman–Crippen LogP) is 6.72. The predicted molar refractivity (Wildman–Crippen MR) is 243 cm³/mol. The van der Waals surface area contributed by atoms with Crippen molar-refractivity contribution in [2.45, 2.75) is 51.2 Å². The number of carbonyl (C=O) groups is 5. The first-order valence-corrected chi connectivity index (χ1v) is 20.9. The van der Waals surface area contributed by atoms with Crippen LogP contribution in [0.1, 0.15) is 35.1 Å². The lowest BCUT2D eigenvalue weighted by molar-refractivity contribution is -0.150. The normalized spacial score (nSPS) is 11.5. The lowest BCUT2D eigenvalue weighted by Crippen LogP contribution is -2.47. The number of nitrogen functional groups attached to an aromatic ring is 1. The largest absolute Gasteiger partial charge is 0.489 e. The van der Waals surface area contributed by atoms with E-state index >= 15 is 0 Å². The minimum Gasteiger partial charge on any atom is -0.489 e. The van der Waals surface area contributed by atoms with Crippen LogP contribution < -0.4 is 35.9 Å². The number of ether oxygens (including phenoxy) is 5. The summed E-state index contributed by atoms with van der Waals surface area (Å²) in [7, 11) is 0. The maximum absolute atomic E-state index is 14.0. The fraction of sp³-hybridized carbons (Fsp3) is 0.196. The molecule has 6 rings (SSSR count). The molecule has 6 aromatic carbocycles. The van der Waals surface area contributed by atoms with E-state index in [2.05, 4.69) is 16.0 Å². The molecule has 0 aliphatic heterocycles. The smallest absolute Gasteiger partial charge is 0.328 e. The zero-order valence-electron chi connectivity index (χ0n) is 35.6. The van der Waals surface area contributed by atoms with Crippen LogP contribution in [0.25, 0.3) is 0 Å². The van der Waals surface area contributed by atoms with Gasteiger partial charge in [-0.1, -0.05) is 127 Å². The van der Waals surface area contributed by atoms with E-state index in [0.717, 1.165) is 22.3 Å². The van der Waals surface area contributed by atoms with Crippen LogP contribution in [-0.2, 0) is 59.7 Å². The standard InChI is InChI=1S/C51H50N4O10/c52-41-20-10-12-22-45(41)62-34-48(57)54-44(30-36-24-26-40(27-25-36)61-31-37-14-4-1-5-15-37)50(59)55-42-21-11-13-23-46(42)63-35-47(56)53-43(51(60)65-33-39-18-8-3-9-19-39)28-29-49(58)64-32-38-16-6-2-7-17-38/h1-27,43-44H,28-35,52H2,(H,53,56)(H,54,57)(H,55,59)/t43-,44-/m0/s1. The molecule has 0 fully saturated rings. The number of hydrogen-bond acceptors (Lipinski definition) is 11. The molecule has 6 aromatic rings. The number of benzene rings is 6. The van der Waals surface area contributed by atoms with Crippen LogP contribution >= 0.6 is 0 Å². The summed E-state index contributed by atoms with van der Waals surface area (Å²) in [4.78, 5) is 66.5. The Bertz CT molecular complexity index is 2470. The summed E-state index contributed by atoms with van der Waals surface area (Å²) >= 11 is 0. The molecule has 3 amide bonds. The minimum absolute atomic E-state index is 0.0430. The number of nitrogens with two attached hydrogens (primary N) is 1. The number of hydrogen-bond donors (Lipinski definition) is 4. The summed E-state index contributed by atoms with van der Waals surface area (Å²) < 4.78 is 28.3. The molecule has 65 heavy (non-hydrogen) atoms. The van der Waals surface area contributed by atoms with Crippen LogP contribution in [0.3, 0.4) is 0 Å². The number of rotatable bonds is 23. The fourth-order valence-electron chi connectivity index (χ4n) is 6.34. The lowest BCUT2D eigenvalue weighted by Gasteiger charge is -2.21. The van der Waals surface area contributed by atoms with Gasteiger partial charge < -0.3 is 45.4 Å². The number of nitrogens with one attached hydrogen (secondary N) is 3. The second kappa shape index (κ2) is 24.5. The number of para-hydroxylation sites is 4. The average molecular weight is 879 g/mol. The molecule has 0 saturated heterocycles. The van der Waals surface area contributed by atoms with Gasteiger partial charge in [0.15, 0.2) is 13.2 Å². The summed E-state index contributed by atoms with van der Waals surface area (Å²) in [5.74, 6) is -2.06. The van der Waals surface area contributed by atoms with E-state index in [1.165, 1.54) is 0 Å². The van der Waals surface area contributed by atoms with Gasteiger partial charge in [-0.05, 0) is 65.1 Å². The van der Waals surface area contributed by atoms with E-state index in [-0.39, 0.29) is 43.9 Å². The van der Waals surface area contributed by atoms with Crippen molar-refractivity contribution in [2.24, 2.45) is 0 Å². The van der Waals surface area contributed by atoms with Gasteiger partial charge in [-0.3, -0.25) is 19.2 Å². The van der Waals surface area contributed by atoms with Gasteiger partial charge in [0.25, 0.3) is 11.8 Å². The van der Waals surface area contributed by atoms with Crippen LogP contribution in [0.5, 0.6) is 17.2 Å².